The van der Waals surface area contributed by atoms with Gasteiger partial charge in [-0.1, -0.05) is 17.7 Å². The molecule has 0 saturated carbocycles. The summed E-state index contributed by atoms with van der Waals surface area (Å²) >= 11 is 6.24. The van der Waals surface area contributed by atoms with Gasteiger partial charge < -0.3 is 15.5 Å². The van der Waals surface area contributed by atoms with Gasteiger partial charge in [0.15, 0.2) is 0 Å². The van der Waals surface area contributed by atoms with Crippen LogP contribution in [0.5, 0.6) is 0 Å². The topological polar surface area (TPSA) is 96.3 Å². The number of piperidine rings is 1. The molecule has 34 heavy (non-hydrogen) atoms. The SMILES string of the molecule is CC(=O)Nc1ccc(NC(=O)[C@@H]2CCCN(c3ccc(=O)n(-c4ccc(C)c(Cl)c4)n3)C2)cc1. The number of aromatic nitrogens is 2. The van der Waals surface area contributed by atoms with Crippen molar-refractivity contribution < 1.29 is 9.59 Å². The molecular weight excluding hydrogens is 454 g/mol. The fraction of sp³-hybridized carbons (Fsp3) is 0.280. The fourth-order valence-corrected chi connectivity index (χ4v) is 4.13. The molecule has 0 unspecified atom stereocenters. The number of nitrogens with zero attached hydrogens (tertiary/aromatic N) is 3. The molecule has 4 rings (SSSR count). The molecule has 1 aliphatic heterocycles. The number of carbonyl (C=O) groups is 2. The van der Waals surface area contributed by atoms with E-state index in [0.717, 1.165) is 24.9 Å². The predicted molar refractivity (Wildman–Crippen MR) is 134 cm³/mol. The first-order valence-corrected chi connectivity index (χ1v) is 11.5. The van der Waals surface area contributed by atoms with Gasteiger partial charge in [-0.25, -0.2) is 0 Å². The Hall–Kier alpha value is -3.65. The summed E-state index contributed by atoms with van der Waals surface area (Å²) in [7, 11) is 0. The van der Waals surface area contributed by atoms with Gasteiger partial charge in [0.05, 0.1) is 11.6 Å². The lowest BCUT2D eigenvalue weighted by molar-refractivity contribution is -0.120. The van der Waals surface area contributed by atoms with Crippen LogP contribution in [0, 0.1) is 12.8 Å². The molecule has 0 radical (unpaired) electrons. The third-order valence-electron chi connectivity index (χ3n) is 5.78. The molecular formula is C25H26ClN5O3. The maximum Gasteiger partial charge on any atom is 0.271 e. The number of amides is 2. The van der Waals surface area contributed by atoms with E-state index < -0.39 is 0 Å². The number of benzene rings is 2. The van der Waals surface area contributed by atoms with Crippen LogP contribution in [0.3, 0.4) is 0 Å². The second kappa shape index (κ2) is 10.1. The molecule has 0 bridgehead atoms. The lowest BCUT2D eigenvalue weighted by Gasteiger charge is -2.33. The maximum atomic E-state index is 12.9. The molecule has 2 heterocycles. The molecule has 1 saturated heterocycles. The quantitative estimate of drug-likeness (QED) is 0.576. The Morgan fingerprint density at radius 2 is 1.74 bits per heavy atom. The zero-order valence-electron chi connectivity index (χ0n) is 19.0. The molecule has 1 aromatic heterocycles. The molecule has 1 aliphatic rings. The van der Waals surface area contributed by atoms with E-state index in [0.29, 0.717) is 34.4 Å². The largest absolute Gasteiger partial charge is 0.354 e. The lowest BCUT2D eigenvalue weighted by Crippen LogP contribution is -2.41. The molecule has 1 atom stereocenters. The summed E-state index contributed by atoms with van der Waals surface area (Å²) in [6.45, 7) is 4.58. The van der Waals surface area contributed by atoms with Crippen molar-refractivity contribution in [3.63, 3.8) is 0 Å². The van der Waals surface area contributed by atoms with Crippen molar-refractivity contribution in [3.8, 4) is 5.69 Å². The van der Waals surface area contributed by atoms with E-state index in [2.05, 4.69) is 15.7 Å². The zero-order valence-corrected chi connectivity index (χ0v) is 19.8. The second-order valence-corrected chi connectivity index (χ2v) is 8.82. The van der Waals surface area contributed by atoms with Gasteiger partial charge in [-0.2, -0.15) is 4.68 Å². The van der Waals surface area contributed by atoms with Crippen molar-refractivity contribution in [2.45, 2.75) is 26.7 Å². The number of rotatable bonds is 5. The van der Waals surface area contributed by atoms with Crippen LogP contribution in [0.1, 0.15) is 25.3 Å². The van der Waals surface area contributed by atoms with Gasteiger partial charge >= 0.3 is 0 Å². The number of halogens is 1. The zero-order chi connectivity index (χ0) is 24.2. The average Bonchev–Trinajstić information content (AvgIpc) is 2.82. The Morgan fingerprint density at radius 1 is 1.03 bits per heavy atom. The Bertz CT molecular complexity index is 1270. The summed E-state index contributed by atoms with van der Waals surface area (Å²) < 4.78 is 1.33. The van der Waals surface area contributed by atoms with Crippen molar-refractivity contribution in [2.75, 3.05) is 28.6 Å². The molecule has 0 aliphatic carbocycles. The van der Waals surface area contributed by atoms with Crippen LogP contribution < -0.4 is 21.1 Å². The van der Waals surface area contributed by atoms with E-state index >= 15 is 0 Å². The number of carbonyl (C=O) groups excluding carboxylic acids is 2. The summed E-state index contributed by atoms with van der Waals surface area (Å²) in [5.74, 6) is 0.188. The van der Waals surface area contributed by atoms with E-state index in [4.69, 9.17) is 11.6 Å². The number of aryl methyl sites for hydroxylation is 1. The number of hydrogen-bond acceptors (Lipinski definition) is 5. The Kier molecular flexibility index (Phi) is 6.98. The van der Waals surface area contributed by atoms with Crippen molar-refractivity contribution in [1.82, 2.24) is 9.78 Å². The first-order valence-electron chi connectivity index (χ1n) is 11.1. The number of hydrogen-bond donors (Lipinski definition) is 2. The Labute approximate surface area is 202 Å². The van der Waals surface area contributed by atoms with Gasteiger partial charge in [-0.05, 0) is 67.8 Å². The van der Waals surface area contributed by atoms with Gasteiger partial charge in [0, 0.05) is 42.5 Å². The number of nitrogens with one attached hydrogen (secondary N) is 2. The van der Waals surface area contributed by atoms with Crippen LogP contribution >= 0.6 is 11.6 Å². The normalized spacial score (nSPS) is 15.6. The molecule has 176 valence electrons. The Balaban J connectivity index is 1.47. The van der Waals surface area contributed by atoms with Crippen molar-refractivity contribution in [1.29, 1.82) is 0 Å². The highest BCUT2D eigenvalue weighted by atomic mass is 35.5. The van der Waals surface area contributed by atoms with E-state index in [1.54, 1.807) is 36.4 Å². The highest BCUT2D eigenvalue weighted by Gasteiger charge is 2.27. The molecule has 2 N–H and O–H groups in total. The van der Waals surface area contributed by atoms with Gasteiger partial charge in [0.2, 0.25) is 11.8 Å². The molecule has 0 spiro atoms. The van der Waals surface area contributed by atoms with Gasteiger partial charge in [0.25, 0.3) is 5.56 Å². The van der Waals surface area contributed by atoms with Gasteiger partial charge in [-0.15, -0.1) is 5.10 Å². The Morgan fingerprint density at radius 3 is 2.41 bits per heavy atom. The standard InChI is InChI=1S/C25H26ClN5O3/c1-16-5-10-21(14-22(16)26)31-24(33)12-11-23(29-31)30-13-3-4-18(15-30)25(34)28-20-8-6-19(7-9-20)27-17(2)32/h5-12,14,18H,3-4,13,15H2,1-2H3,(H,27,32)(H,28,34)/t18-/m1/s1. The van der Waals surface area contributed by atoms with Gasteiger partial charge in [0.1, 0.15) is 5.82 Å². The minimum absolute atomic E-state index is 0.0735. The first-order chi connectivity index (χ1) is 16.3. The highest BCUT2D eigenvalue weighted by molar-refractivity contribution is 6.31. The molecule has 2 amide bonds. The number of anilines is 3. The third-order valence-corrected chi connectivity index (χ3v) is 6.18. The van der Waals surface area contributed by atoms with Crippen molar-refractivity contribution in [2.24, 2.45) is 5.92 Å². The molecule has 9 heteroatoms. The maximum absolute atomic E-state index is 12.9. The average molecular weight is 480 g/mol. The van der Waals surface area contributed by atoms with Crippen molar-refractivity contribution >= 4 is 40.6 Å². The van der Waals surface area contributed by atoms with E-state index in [9.17, 15) is 14.4 Å². The molecule has 1 fully saturated rings. The summed E-state index contributed by atoms with van der Waals surface area (Å²) in [6.07, 6.45) is 1.59. The highest BCUT2D eigenvalue weighted by Crippen LogP contribution is 2.24. The van der Waals surface area contributed by atoms with Crippen LogP contribution in [-0.4, -0.2) is 34.7 Å². The van der Waals surface area contributed by atoms with E-state index in [1.165, 1.54) is 17.7 Å². The predicted octanol–water partition coefficient (Wildman–Crippen LogP) is 4.01. The van der Waals surface area contributed by atoms with E-state index in [1.807, 2.05) is 24.0 Å². The second-order valence-electron chi connectivity index (χ2n) is 8.41. The van der Waals surface area contributed by atoms with Crippen LogP contribution in [0.25, 0.3) is 5.69 Å². The van der Waals surface area contributed by atoms with Crippen LogP contribution in [-0.2, 0) is 9.59 Å². The van der Waals surface area contributed by atoms with Gasteiger partial charge in [-0.3, -0.25) is 14.4 Å². The monoisotopic (exact) mass is 479 g/mol. The summed E-state index contributed by atoms with van der Waals surface area (Å²) in [5.41, 5.74) is 2.60. The minimum atomic E-state index is -0.252. The van der Waals surface area contributed by atoms with Crippen molar-refractivity contribution in [3.05, 3.63) is 75.5 Å². The lowest BCUT2D eigenvalue weighted by atomic mass is 9.97. The van der Waals surface area contributed by atoms with E-state index in [-0.39, 0.29) is 23.3 Å². The third kappa shape index (κ3) is 5.46. The van der Waals surface area contributed by atoms with Crippen LogP contribution in [0.2, 0.25) is 5.02 Å². The summed E-state index contributed by atoms with van der Waals surface area (Å²) in [4.78, 5) is 38.6. The summed E-state index contributed by atoms with van der Waals surface area (Å²) in [6, 6.07) is 15.6. The molecule has 3 aromatic rings. The molecule has 2 aromatic carbocycles. The fourth-order valence-electron chi connectivity index (χ4n) is 3.95. The minimum Gasteiger partial charge on any atom is -0.354 e. The summed E-state index contributed by atoms with van der Waals surface area (Å²) in [5, 5.41) is 10.8. The van der Waals surface area contributed by atoms with Crippen LogP contribution in [0.15, 0.2) is 59.4 Å². The smallest absolute Gasteiger partial charge is 0.271 e. The molecule has 8 nitrogen and oxygen atoms in total. The first kappa shape index (κ1) is 23.5. The van der Waals surface area contributed by atoms with Crippen LogP contribution in [0.4, 0.5) is 17.2 Å².